The number of benzene rings is 1. The molecule has 0 spiro atoms. The molecule has 0 aliphatic rings. The van der Waals surface area contributed by atoms with E-state index >= 15 is 0 Å². The molecule has 0 saturated carbocycles. The molecule has 1 aromatic heterocycles. The Hall–Kier alpha value is -1.68. The molecule has 15 heavy (non-hydrogen) atoms. The van der Waals surface area contributed by atoms with E-state index in [9.17, 15) is 4.79 Å². The van der Waals surface area contributed by atoms with E-state index in [0.29, 0.717) is 6.54 Å². The normalized spacial score (nSPS) is 12.9. The van der Waals surface area contributed by atoms with E-state index in [1.54, 1.807) is 4.57 Å². The van der Waals surface area contributed by atoms with Crippen molar-refractivity contribution in [2.24, 2.45) is 5.73 Å². The lowest BCUT2D eigenvalue weighted by molar-refractivity contribution is 0.557. The van der Waals surface area contributed by atoms with Gasteiger partial charge in [-0.1, -0.05) is 12.1 Å². The number of hydrogen-bond acceptors (Lipinski definition) is 3. The minimum atomic E-state index is -0.105. The van der Waals surface area contributed by atoms with E-state index in [4.69, 9.17) is 5.73 Å². The van der Waals surface area contributed by atoms with Crippen molar-refractivity contribution in [2.45, 2.75) is 13.0 Å². The fraction of sp³-hybridized carbons (Fsp3) is 0.273. The molecule has 0 amide bonds. The minimum absolute atomic E-state index is 0.00889. The molecule has 1 atom stereocenters. The molecule has 4 heteroatoms. The van der Waals surface area contributed by atoms with Gasteiger partial charge in [0.2, 0.25) is 0 Å². The van der Waals surface area contributed by atoms with Crippen molar-refractivity contribution >= 4 is 11.0 Å². The summed E-state index contributed by atoms with van der Waals surface area (Å²) in [5.74, 6) is 0. The number of nitrogens with zero attached hydrogens (tertiary/aromatic N) is 2. The number of aromatic nitrogens is 2. The molecule has 1 unspecified atom stereocenters. The summed E-state index contributed by atoms with van der Waals surface area (Å²) in [6, 6.07) is 7.55. The number of fused-ring (bicyclic) bond motifs is 1. The largest absolute Gasteiger partial charge is 0.328 e. The van der Waals surface area contributed by atoms with Gasteiger partial charge in [0.15, 0.2) is 0 Å². The fourth-order valence-corrected chi connectivity index (χ4v) is 1.64. The summed E-state index contributed by atoms with van der Waals surface area (Å²) in [6.45, 7) is 2.36. The van der Waals surface area contributed by atoms with Crippen molar-refractivity contribution in [3.05, 3.63) is 40.8 Å². The second-order valence-corrected chi connectivity index (χ2v) is 3.54. The van der Waals surface area contributed by atoms with Gasteiger partial charge in [0.05, 0.1) is 17.2 Å². The van der Waals surface area contributed by atoms with Crippen LogP contribution < -0.4 is 11.3 Å². The van der Waals surface area contributed by atoms with Gasteiger partial charge in [-0.3, -0.25) is 4.79 Å². The van der Waals surface area contributed by atoms with Crippen LogP contribution in [0.3, 0.4) is 0 Å². The van der Waals surface area contributed by atoms with Crippen LogP contribution in [0.5, 0.6) is 0 Å². The van der Waals surface area contributed by atoms with Crippen LogP contribution in [0, 0.1) is 0 Å². The third kappa shape index (κ3) is 1.64. The highest BCUT2D eigenvalue weighted by atomic mass is 16.1. The van der Waals surface area contributed by atoms with Gasteiger partial charge >= 0.3 is 0 Å². The Kier molecular flexibility index (Phi) is 2.51. The smallest absolute Gasteiger partial charge is 0.269 e. The van der Waals surface area contributed by atoms with Gasteiger partial charge < -0.3 is 10.3 Å². The molecular weight excluding hydrogens is 190 g/mol. The maximum atomic E-state index is 11.7. The van der Waals surface area contributed by atoms with Gasteiger partial charge in [-0.25, -0.2) is 4.98 Å². The summed E-state index contributed by atoms with van der Waals surface area (Å²) in [5, 5.41) is 0. The minimum Gasteiger partial charge on any atom is -0.328 e. The molecule has 2 N–H and O–H groups in total. The molecular formula is C11H13N3O. The fourth-order valence-electron chi connectivity index (χ4n) is 1.64. The summed E-state index contributed by atoms with van der Waals surface area (Å²) >= 11 is 0. The van der Waals surface area contributed by atoms with E-state index in [1.165, 1.54) is 6.20 Å². The SMILES string of the molecule is CC(CN)n1c(=O)cnc2ccccc21. The zero-order valence-corrected chi connectivity index (χ0v) is 8.55. The van der Waals surface area contributed by atoms with Crippen LogP contribution in [0.1, 0.15) is 13.0 Å². The van der Waals surface area contributed by atoms with E-state index in [2.05, 4.69) is 4.98 Å². The molecule has 4 nitrogen and oxygen atoms in total. The van der Waals surface area contributed by atoms with Crippen LogP contribution in [0.15, 0.2) is 35.3 Å². The highest BCUT2D eigenvalue weighted by Gasteiger charge is 2.08. The molecule has 0 radical (unpaired) electrons. The molecule has 2 rings (SSSR count). The Morgan fingerprint density at radius 2 is 2.20 bits per heavy atom. The van der Waals surface area contributed by atoms with Gasteiger partial charge in [0.25, 0.3) is 5.56 Å². The zero-order valence-electron chi connectivity index (χ0n) is 8.55. The third-order valence-electron chi connectivity index (χ3n) is 2.47. The van der Waals surface area contributed by atoms with Gasteiger partial charge in [-0.15, -0.1) is 0 Å². The quantitative estimate of drug-likeness (QED) is 0.789. The highest BCUT2D eigenvalue weighted by molar-refractivity contribution is 5.74. The van der Waals surface area contributed by atoms with Crippen molar-refractivity contribution in [3.8, 4) is 0 Å². The lowest BCUT2D eigenvalue weighted by atomic mass is 10.2. The topological polar surface area (TPSA) is 60.9 Å². The van der Waals surface area contributed by atoms with Crippen molar-refractivity contribution in [3.63, 3.8) is 0 Å². The predicted molar refractivity (Wildman–Crippen MR) is 59.8 cm³/mol. The van der Waals surface area contributed by atoms with Gasteiger partial charge in [0.1, 0.15) is 0 Å². The Labute approximate surface area is 87.4 Å². The summed E-state index contributed by atoms with van der Waals surface area (Å²) < 4.78 is 1.68. The Morgan fingerprint density at radius 3 is 2.93 bits per heavy atom. The molecule has 78 valence electrons. The second kappa shape index (κ2) is 3.82. The summed E-state index contributed by atoms with van der Waals surface area (Å²) in [7, 11) is 0. The van der Waals surface area contributed by atoms with E-state index in [1.807, 2.05) is 31.2 Å². The molecule has 0 bridgehead atoms. The Bertz CT molecular complexity index is 533. The second-order valence-electron chi connectivity index (χ2n) is 3.54. The van der Waals surface area contributed by atoms with Crippen molar-refractivity contribution in [1.82, 2.24) is 9.55 Å². The number of nitrogens with two attached hydrogens (primary N) is 1. The monoisotopic (exact) mass is 203 g/mol. The average Bonchev–Trinajstić information content (AvgIpc) is 2.28. The zero-order chi connectivity index (χ0) is 10.8. The van der Waals surface area contributed by atoms with Crippen LogP contribution in [0.2, 0.25) is 0 Å². The number of hydrogen-bond donors (Lipinski definition) is 1. The first-order valence-corrected chi connectivity index (χ1v) is 4.90. The Morgan fingerprint density at radius 1 is 1.47 bits per heavy atom. The first kappa shape index (κ1) is 9.86. The summed E-state index contributed by atoms with van der Waals surface area (Å²) in [6.07, 6.45) is 1.34. The summed E-state index contributed by atoms with van der Waals surface area (Å²) in [4.78, 5) is 15.8. The Balaban J connectivity index is 2.80. The van der Waals surface area contributed by atoms with E-state index in [0.717, 1.165) is 11.0 Å². The molecule has 0 aliphatic carbocycles. The van der Waals surface area contributed by atoms with Gasteiger partial charge in [-0.05, 0) is 19.1 Å². The van der Waals surface area contributed by atoms with Crippen LogP contribution in [0.4, 0.5) is 0 Å². The number of para-hydroxylation sites is 2. The van der Waals surface area contributed by atoms with Crippen LogP contribution in [-0.4, -0.2) is 16.1 Å². The van der Waals surface area contributed by atoms with Gasteiger partial charge in [-0.2, -0.15) is 0 Å². The maximum Gasteiger partial charge on any atom is 0.269 e. The summed E-state index contributed by atoms with van der Waals surface area (Å²) in [5.41, 5.74) is 7.13. The first-order chi connectivity index (χ1) is 7.24. The van der Waals surface area contributed by atoms with Crippen LogP contribution in [-0.2, 0) is 0 Å². The molecule has 1 aromatic carbocycles. The standard InChI is InChI=1S/C11H13N3O/c1-8(6-12)14-10-5-3-2-4-9(10)13-7-11(14)15/h2-5,7-8H,6,12H2,1H3. The van der Waals surface area contributed by atoms with E-state index < -0.39 is 0 Å². The van der Waals surface area contributed by atoms with Crippen molar-refractivity contribution in [2.75, 3.05) is 6.54 Å². The van der Waals surface area contributed by atoms with Crippen LogP contribution in [0.25, 0.3) is 11.0 Å². The molecule has 0 saturated heterocycles. The molecule has 1 heterocycles. The van der Waals surface area contributed by atoms with Gasteiger partial charge in [0, 0.05) is 12.6 Å². The molecule has 0 aliphatic heterocycles. The van der Waals surface area contributed by atoms with Crippen molar-refractivity contribution < 1.29 is 0 Å². The first-order valence-electron chi connectivity index (χ1n) is 4.90. The lowest BCUT2D eigenvalue weighted by Gasteiger charge is -2.14. The molecule has 2 aromatic rings. The third-order valence-corrected chi connectivity index (χ3v) is 2.47. The average molecular weight is 203 g/mol. The van der Waals surface area contributed by atoms with E-state index in [-0.39, 0.29) is 11.6 Å². The lowest BCUT2D eigenvalue weighted by Crippen LogP contribution is -2.28. The predicted octanol–water partition coefficient (Wildman–Crippen LogP) is 0.916. The van der Waals surface area contributed by atoms with Crippen molar-refractivity contribution in [1.29, 1.82) is 0 Å². The highest BCUT2D eigenvalue weighted by Crippen LogP contribution is 2.12. The number of rotatable bonds is 2. The molecule has 0 fully saturated rings. The maximum absolute atomic E-state index is 11.7. The van der Waals surface area contributed by atoms with Crippen LogP contribution >= 0.6 is 0 Å².